The molecule has 0 amide bonds. The van der Waals surface area contributed by atoms with Crippen LogP contribution in [-0.4, -0.2) is 21.6 Å². The monoisotopic (exact) mass is 324 g/mol. The lowest BCUT2D eigenvalue weighted by Crippen LogP contribution is -2.19. The van der Waals surface area contributed by atoms with E-state index < -0.39 is 0 Å². The van der Waals surface area contributed by atoms with Gasteiger partial charge in [0, 0.05) is 23.5 Å². The van der Waals surface area contributed by atoms with E-state index in [1.54, 1.807) is 25.6 Å². The van der Waals surface area contributed by atoms with Crippen molar-refractivity contribution in [3.63, 3.8) is 0 Å². The second-order valence-electron chi connectivity index (χ2n) is 5.69. The molecule has 5 heteroatoms. The van der Waals surface area contributed by atoms with E-state index in [4.69, 9.17) is 4.74 Å². The van der Waals surface area contributed by atoms with E-state index >= 15 is 0 Å². The number of fused-ring (bicyclic) bond motifs is 1. The minimum absolute atomic E-state index is 0.00167. The van der Waals surface area contributed by atoms with Crippen LogP contribution in [0.1, 0.15) is 25.3 Å². The Morgan fingerprint density at radius 1 is 1.21 bits per heavy atom. The fraction of sp³-hybridized carbons (Fsp3) is 0.263. The van der Waals surface area contributed by atoms with E-state index in [2.05, 4.69) is 11.9 Å². The molecule has 0 atom stereocenters. The molecule has 0 unspecified atom stereocenters. The molecular formula is C19H20N2O3. The van der Waals surface area contributed by atoms with Crippen molar-refractivity contribution in [3.05, 3.63) is 58.6 Å². The maximum atomic E-state index is 12.5. The number of ether oxygens (including phenoxy) is 1. The molecule has 0 aliphatic heterocycles. The molecule has 0 aliphatic carbocycles. The molecule has 1 N–H and O–H groups in total. The number of hydrogen-bond donors (Lipinski definition) is 1. The Morgan fingerprint density at radius 2 is 1.96 bits per heavy atom. The van der Waals surface area contributed by atoms with Gasteiger partial charge in [0.25, 0.3) is 5.56 Å². The van der Waals surface area contributed by atoms with Crippen molar-refractivity contribution in [2.24, 2.45) is 0 Å². The molecule has 0 spiro atoms. The SMILES string of the molecule is CCCCc1cnc2c(O)c(-c3ccc(OC)cc3)ccn2c1=O. The van der Waals surface area contributed by atoms with Gasteiger partial charge in [-0.25, -0.2) is 4.98 Å². The van der Waals surface area contributed by atoms with Crippen molar-refractivity contribution in [1.82, 2.24) is 9.38 Å². The summed E-state index contributed by atoms with van der Waals surface area (Å²) in [6.45, 7) is 2.08. The predicted octanol–water partition coefficient (Wildman–Crippen LogP) is 3.42. The first-order chi connectivity index (χ1) is 11.7. The Kier molecular flexibility index (Phi) is 4.51. The van der Waals surface area contributed by atoms with Crippen LogP contribution in [0.2, 0.25) is 0 Å². The summed E-state index contributed by atoms with van der Waals surface area (Å²) in [6.07, 6.45) is 5.90. The average molecular weight is 324 g/mol. The van der Waals surface area contributed by atoms with Crippen molar-refractivity contribution in [1.29, 1.82) is 0 Å². The summed E-state index contributed by atoms with van der Waals surface area (Å²) in [6, 6.07) is 9.10. The van der Waals surface area contributed by atoms with E-state index in [0.29, 0.717) is 17.5 Å². The Morgan fingerprint density at radius 3 is 2.62 bits per heavy atom. The first kappa shape index (κ1) is 16.1. The summed E-state index contributed by atoms with van der Waals surface area (Å²) in [4.78, 5) is 16.8. The number of methoxy groups -OCH3 is 1. The van der Waals surface area contributed by atoms with Crippen LogP contribution < -0.4 is 10.3 Å². The van der Waals surface area contributed by atoms with Gasteiger partial charge in [-0.2, -0.15) is 0 Å². The van der Waals surface area contributed by atoms with E-state index in [1.165, 1.54) is 4.40 Å². The molecule has 2 aromatic heterocycles. The highest BCUT2D eigenvalue weighted by atomic mass is 16.5. The minimum Gasteiger partial charge on any atom is -0.504 e. The molecule has 0 saturated carbocycles. The third kappa shape index (κ3) is 2.85. The topological polar surface area (TPSA) is 63.8 Å². The largest absolute Gasteiger partial charge is 0.504 e. The number of pyridine rings is 1. The Hall–Kier alpha value is -2.82. The van der Waals surface area contributed by atoms with Crippen molar-refractivity contribution in [3.8, 4) is 22.6 Å². The zero-order valence-electron chi connectivity index (χ0n) is 13.8. The number of aromatic hydroxyl groups is 1. The number of nitrogens with zero attached hydrogens (tertiary/aromatic N) is 2. The second kappa shape index (κ2) is 6.74. The van der Waals surface area contributed by atoms with Gasteiger partial charge in [0.05, 0.1) is 7.11 Å². The normalized spacial score (nSPS) is 10.9. The molecule has 0 bridgehead atoms. The standard InChI is InChI=1S/C19H20N2O3/c1-3-4-5-14-12-20-18-17(22)16(10-11-21(18)19(14)23)13-6-8-15(24-2)9-7-13/h6-12,22H,3-5H2,1-2H3. The number of benzene rings is 1. The molecule has 0 radical (unpaired) electrons. The Balaban J connectivity index is 2.09. The molecule has 3 aromatic rings. The highest BCUT2D eigenvalue weighted by Gasteiger charge is 2.13. The number of rotatable bonds is 5. The van der Waals surface area contributed by atoms with Crippen LogP contribution in [0.3, 0.4) is 0 Å². The summed E-state index contributed by atoms with van der Waals surface area (Å²) in [5.41, 5.74) is 2.29. The number of aryl methyl sites for hydroxylation is 1. The molecule has 1 aromatic carbocycles. The Labute approximate surface area is 140 Å². The molecule has 24 heavy (non-hydrogen) atoms. The first-order valence-corrected chi connectivity index (χ1v) is 8.02. The van der Waals surface area contributed by atoms with Gasteiger partial charge in [0.1, 0.15) is 5.75 Å². The van der Waals surface area contributed by atoms with Gasteiger partial charge in [0.2, 0.25) is 0 Å². The second-order valence-corrected chi connectivity index (χ2v) is 5.69. The van der Waals surface area contributed by atoms with Crippen LogP contribution in [0.4, 0.5) is 0 Å². The fourth-order valence-electron chi connectivity index (χ4n) is 2.71. The molecule has 2 heterocycles. The van der Waals surface area contributed by atoms with Gasteiger partial charge >= 0.3 is 0 Å². The maximum absolute atomic E-state index is 12.5. The average Bonchev–Trinajstić information content (AvgIpc) is 2.62. The zero-order chi connectivity index (χ0) is 17.1. The lowest BCUT2D eigenvalue weighted by atomic mass is 10.1. The first-order valence-electron chi connectivity index (χ1n) is 8.02. The summed E-state index contributed by atoms with van der Waals surface area (Å²) in [5.74, 6) is 0.746. The lowest BCUT2D eigenvalue weighted by molar-refractivity contribution is 0.415. The van der Waals surface area contributed by atoms with E-state index in [9.17, 15) is 9.90 Å². The van der Waals surface area contributed by atoms with Crippen LogP contribution in [0.25, 0.3) is 16.8 Å². The molecule has 0 aliphatic rings. The van der Waals surface area contributed by atoms with Gasteiger partial charge in [0.15, 0.2) is 11.4 Å². The number of unbranched alkanes of at least 4 members (excludes halogenated alkanes) is 1. The lowest BCUT2D eigenvalue weighted by Gasteiger charge is -2.10. The third-order valence-corrected chi connectivity index (χ3v) is 4.12. The van der Waals surface area contributed by atoms with E-state index in [1.807, 2.05) is 24.3 Å². The van der Waals surface area contributed by atoms with Crippen molar-refractivity contribution in [2.45, 2.75) is 26.2 Å². The van der Waals surface area contributed by atoms with Crippen LogP contribution in [0.5, 0.6) is 11.5 Å². The molecule has 0 saturated heterocycles. The molecule has 124 valence electrons. The summed E-state index contributed by atoms with van der Waals surface area (Å²) < 4.78 is 6.56. The molecule has 5 nitrogen and oxygen atoms in total. The van der Waals surface area contributed by atoms with Crippen LogP contribution in [0, 0.1) is 0 Å². The van der Waals surface area contributed by atoms with Crippen molar-refractivity contribution < 1.29 is 9.84 Å². The van der Waals surface area contributed by atoms with Crippen molar-refractivity contribution >= 4 is 5.65 Å². The molecular weight excluding hydrogens is 304 g/mol. The van der Waals surface area contributed by atoms with Crippen LogP contribution in [0.15, 0.2) is 47.5 Å². The Bertz CT molecular complexity index is 914. The van der Waals surface area contributed by atoms with Gasteiger partial charge in [-0.3, -0.25) is 9.20 Å². The zero-order valence-corrected chi connectivity index (χ0v) is 13.8. The number of aromatic nitrogens is 2. The highest BCUT2D eigenvalue weighted by molar-refractivity contribution is 5.77. The van der Waals surface area contributed by atoms with Crippen LogP contribution in [-0.2, 0) is 6.42 Å². The van der Waals surface area contributed by atoms with Crippen LogP contribution >= 0.6 is 0 Å². The fourth-order valence-corrected chi connectivity index (χ4v) is 2.71. The predicted molar refractivity (Wildman–Crippen MR) is 93.7 cm³/mol. The van der Waals surface area contributed by atoms with Gasteiger partial charge in [-0.15, -0.1) is 0 Å². The minimum atomic E-state index is -0.120. The molecule has 0 fully saturated rings. The summed E-state index contributed by atoms with van der Waals surface area (Å²) in [7, 11) is 1.61. The quantitative estimate of drug-likeness (QED) is 0.781. The maximum Gasteiger partial charge on any atom is 0.261 e. The van der Waals surface area contributed by atoms with Crippen molar-refractivity contribution in [2.75, 3.05) is 7.11 Å². The number of hydrogen-bond acceptors (Lipinski definition) is 4. The summed E-state index contributed by atoms with van der Waals surface area (Å²) in [5, 5.41) is 10.6. The van der Waals surface area contributed by atoms with Gasteiger partial charge < -0.3 is 9.84 Å². The van der Waals surface area contributed by atoms with E-state index in [0.717, 1.165) is 24.2 Å². The molecule has 3 rings (SSSR count). The highest BCUT2D eigenvalue weighted by Crippen LogP contribution is 2.32. The third-order valence-electron chi connectivity index (χ3n) is 4.12. The van der Waals surface area contributed by atoms with E-state index in [-0.39, 0.29) is 17.0 Å². The van der Waals surface area contributed by atoms with Gasteiger partial charge in [-0.1, -0.05) is 25.5 Å². The smallest absolute Gasteiger partial charge is 0.261 e. The van der Waals surface area contributed by atoms with Gasteiger partial charge in [-0.05, 0) is 36.6 Å². The summed E-state index contributed by atoms with van der Waals surface area (Å²) >= 11 is 0.